The highest BCUT2D eigenvalue weighted by Crippen LogP contribution is 2.05. The molecule has 1 aliphatic rings. The van der Waals surface area contributed by atoms with Gasteiger partial charge in [-0.3, -0.25) is 4.90 Å². The highest BCUT2D eigenvalue weighted by atomic mass is 19.1. The number of hydrogen-bond donors (Lipinski definition) is 2. The summed E-state index contributed by atoms with van der Waals surface area (Å²) in [5.74, 6) is -0.210. The van der Waals surface area contributed by atoms with Gasteiger partial charge in [-0.05, 0) is 6.07 Å². The fourth-order valence-corrected chi connectivity index (χ4v) is 2.16. The molecule has 4 nitrogen and oxygen atoms in total. The van der Waals surface area contributed by atoms with Crippen LogP contribution in [0.15, 0.2) is 24.3 Å². The Kier molecular flexibility index (Phi) is 5.72. The molecule has 1 fully saturated rings. The molecule has 0 saturated carbocycles. The molecule has 0 amide bonds. The lowest BCUT2D eigenvalue weighted by molar-refractivity contribution is 0.0149. The number of aliphatic hydroxyl groups excluding tert-OH is 1. The number of nitrogens with zero attached hydrogens (tertiary/aromatic N) is 1. The van der Waals surface area contributed by atoms with Crippen LogP contribution in [0.5, 0.6) is 0 Å². The SMILES string of the molecule is OC(CNCc1ccccc1F)CN1CCOCC1. The number of benzene rings is 1. The number of β-amino-alcohol motifs (C(OH)–C–C–N with tert-alkyl or cyclic N) is 1. The summed E-state index contributed by atoms with van der Waals surface area (Å²) in [5, 5.41) is 13.0. The van der Waals surface area contributed by atoms with Crippen LogP contribution in [0.2, 0.25) is 0 Å². The molecule has 106 valence electrons. The molecule has 1 saturated heterocycles. The van der Waals surface area contributed by atoms with E-state index in [-0.39, 0.29) is 5.82 Å². The van der Waals surface area contributed by atoms with E-state index in [1.807, 2.05) is 6.07 Å². The number of hydrogen-bond acceptors (Lipinski definition) is 4. The van der Waals surface area contributed by atoms with Gasteiger partial charge in [0.15, 0.2) is 0 Å². The summed E-state index contributed by atoms with van der Waals surface area (Å²) in [6.45, 7) is 4.73. The van der Waals surface area contributed by atoms with E-state index in [9.17, 15) is 9.50 Å². The Bertz CT molecular complexity index is 383. The van der Waals surface area contributed by atoms with Crippen molar-refractivity contribution in [1.29, 1.82) is 0 Å². The molecule has 1 heterocycles. The molecule has 0 radical (unpaired) electrons. The standard InChI is InChI=1S/C14H21FN2O2/c15-14-4-2-1-3-12(14)9-16-10-13(18)11-17-5-7-19-8-6-17/h1-4,13,16,18H,5-11H2. The lowest BCUT2D eigenvalue weighted by Crippen LogP contribution is -2.43. The van der Waals surface area contributed by atoms with E-state index in [1.54, 1.807) is 12.1 Å². The Morgan fingerprint density at radius 2 is 2.05 bits per heavy atom. The fraction of sp³-hybridized carbons (Fsp3) is 0.571. The zero-order chi connectivity index (χ0) is 13.5. The second kappa shape index (κ2) is 7.55. The fourth-order valence-electron chi connectivity index (χ4n) is 2.16. The first-order valence-electron chi connectivity index (χ1n) is 6.68. The van der Waals surface area contributed by atoms with Gasteiger partial charge in [-0.15, -0.1) is 0 Å². The first-order chi connectivity index (χ1) is 9.25. The molecule has 2 rings (SSSR count). The topological polar surface area (TPSA) is 44.7 Å². The van der Waals surface area contributed by atoms with Crippen molar-refractivity contribution in [2.24, 2.45) is 0 Å². The summed E-state index contributed by atoms with van der Waals surface area (Å²) in [6.07, 6.45) is -0.440. The predicted octanol–water partition coefficient (Wildman–Crippen LogP) is 0.608. The summed E-state index contributed by atoms with van der Waals surface area (Å²) in [7, 11) is 0. The Balaban J connectivity index is 1.66. The van der Waals surface area contributed by atoms with Crippen LogP contribution >= 0.6 is 0 Å². The van der Waals surface area contributed by atoms with Crippen molar-refractivity contribution in [3.63, 3.8) is 0 Å². The van der Waals surface area contributed by atoms with Gasteiger partial charge in [-0.25, -0.2) is 4.39 Å². The molecule has 1 aromatic rings. The third-order valence-corrected chi connectivity index (χ3v) is 3.23. The van der Waals surface area contributed by atoms with Crippen molar-refractivity contribution in [3.8, 4) is 0 Å². The van der Waals surface area contributed by atoms with Crippen molar-refractivity contribution in [2.75, 3.05) is 39.4 Å². The van der Waals surface area contributed by atoms with E-state index in [0.717, 1.165) is 26.3 Å². The normalized spacial score (nSPS) is 18.4. The summed E-state index contributed by atoms with van der Waals surface area (Å²) < 4.78 is 18.6. The van der Waals surface area contributed by atoms with Gasteiger partial charge < -0.3 is 15.2 Å². The lowest BCUT2D eigenvalue weighted by atomic mass is 10.2. The van der Waals surface area contributed by atoms with Gasteiger partial charge in [0.2, 0.25) is 0 Å². The average Bonchev–Trinajstić information content (AvgIpc) is 2.42. The van der Waals surface area contributed by atoms with Gasteiger partial charge in [0.25, 0.3) is 0 Å². The molecule has 19 heavy (non-hydrogen) atoms. The first-order valence-corrected chi connectivity index (χ1v) is 6.68. The monoisotopic (exact) mass is 268 g/mol. The molecule has 0 bridgehead atoms. The van der Waals surface area contributed by atoms with Gasteiger partial charge in [0, 0.05) is 38.3 Å². The summed E-state index contributed by atoms with van der Waals surface area (Å²) in [6, 6.07) is 6.67. The maximum absolute atomic E-state index is 13.4. The summed E-state index contributed by atoms with van der Waals surface area (Å²) in [4.78, 5) is 2.18. The minimum atomic E-state index is -0.440. The zero-order valence-electron chi connectivity index (χ0n) is 11.0. The van der Waals surface area contributed by atoms with Gasteiger partial charge in [-0.2, -0.15) is 0 Å². The molecule has 0 aliphatic carbocycles. The Hall–Kier alpha value is -1.01. The molecule has 5 heteroatoms. The molecular formula is C14H21FN2O2. The average molecular weight is 268 g/mol. The molecule has 1 aromatic carbocycles. The minimum Gasteiger partial charge on any atom is -0.390 e. The third-order valence-electron chi connectivity index (χ3n) is 3.23. The van der Waals surface area contributed by atoms with Crippen LogP contribution in [0.1, 0.15) is 5.56 Å². The first kappa shape index (κ1) is 14.4. The molecule has 1 unspecified atom stereocenters. The van der Waals surface area contributed by atoms with E-state index in [0.29, 0.717) is 25.2 Å². The van der Waals surface area contributed by atoms with Crippen LogP contribution in [-0.4, -0.2) is 55.5 Å². The van der Waals surface area contributed by atoms with Crippen LogP contribution < -0.4 is 5.32 Å². The van der Waals surface area contributed by atoms with Gasteiger partial charge >= 0.3 is 0 Å². The number of halogens is 1. The van der Waals surface area contributed by atoms with E-state index < -0.39 is 6.10 Å². The zero-order valence-corrected chi connectivity index (χ0v) is 11.0. The van der Waals surface area contributed by atoms with Gasteiger partial charge in [0.1, 0.15) is 5.82 Å². The predicted molar refractivity (Wildman–Crippen MR) is 71.4 cm³/mol. The second-order valence-corrected chi connectivity index (χ2v) is 4.79. The molecule has 0 aromatic heterocycles. The van der Waals surface area contributed by atoms with E-state index in [2.05, 4.69) is 10.2 Å². The quantitative estimate of drug-likeness (QED) is 0.793. The largest absolute Gasteiger partial charge is 0.390 e. The van der Waals surface area contributed by atoms with Crippen molar-refractivity contribution >= 4 is 0 Å². The highest BCUT2D eigenvalue weighted by Gasteiger charge is 2.14. The molecule has 1 aliphatic heterocycles. The van der Waals surface area contributed by atoms with Crippen LogP contribution in [0.3, 0.4) is 0 Å². The third kappa shape index (κ3) is 4.87. The molecule has 1 atom stereocenters. The summed E-state index contributed by atoms with van der Waals surface area (Å²) >= 11 is 0. The Morgan fingerprint density at radius 3 is 2.79 bits per heavy atom. The van der Waals surface area contributed by atoms with Gasteiger partial charge in [0.05, 0.1) is 19.3 Å². The van der Waals surface area contributed by atoms with Crippen LogP contribution in [-0.2, 0) is 11.3 Å². The maximum atomic E-state index is 13.4. The molecular weight excluding hydrogens is 247 g/mol. The van der Waals surface area contributed by atoms with Crippen molar-refractivity contribution in [2.45, 2.75) is 12.6 Å². The van der Waals surface area contributed by atoms with Crippen LogP contribution in [0, 0.1) is 5.82 Å². The van der Waals surface area contributed by atoms with Crippen molar-refractivity contribution in [3.05, 3.63) is 35.6 Å². The van der Waals surface area contributed by atoms with Crippen molar-refractivity contribution < 1.29 is 14.2 Å². The number of nitrogens with one attached hydrogen (secondary N) is 1. The van der Waals surface area contributed by atoms with Crippen LogP contribution in [0.25, 0.3) is 0 Å². The summed E-state index contributed by atoms with van der Waals surface area (Å²) in [5.41, 5.74) is 0.626. The maximum Gasteiger partial charge on any atom is 0.127 e. The second-order valence-electron chi connectivity index (χ2n) is 4.79. The van der Waals surface area contributed by atoms with E-state index in [4.69, 9.17) is 4.74 Å². The number of rotatable bonds is 6. The molecule has 0 spiro atoms. The van der Waals surface area contributed by atoms with Crippen molar-refractivity contribution in [1.82, 2.24) is 10.2 Å². The Morgan fingerprint density at radius 1 is 1.32 bits per heavy atom. The molecule has 2 N–H and O–H groups in total. The van der Waals surface area contributed by atoms with E-state index in [1.165, 1.54) is 6.07 Å². The minimum absolute atomic E-state index is 0.210. The van der Waals surface area contributed by atoms with E-state index >= 15 is 0 Å². The Labute approximate surface area is 113 Å². The van der Waals surface area contributed by atoms with Crippen LogP contribution in [0.4, 0.5) is 4.39 Å². The highest BCUT2D eigenvalue weighted by molar-refractivity contribution is 5.16. The smallest absolute Gasteiger partial charge is 0.127 e. The number of ether oxygens (including phenoxy) is 1. The number of morpholine rings is 1. The van der Waals surface area contributed by atoms with Gasteiger partial charge in [-0.1, -0.05) is 18.2 Å². The lowest BCUT2D eigenvalue weighted by Gasteiger charge is -2.28. The number of aliphatic hydroxyl groups is 1.